The molecule has 0 saturated heterocycles. The number of amides is 1. The normalized spacial score (nSPS) is 11.7. The lowest BCUT2D eigenvalue weighted by Crippen LogP contribution is -2.38. The second-order valence-electron chi connectivity index (χ2n) is 6.84. The molecule has 0 aliphatic carbocycles. The lowest BCUT2D eigenvalue weighted by Gasteiger charge is -2.15. The largest absolute Gasteiger partial charge is 0.416 e. The highest BCUT2D eigenvalue weighted by Gasteiger charge is 2.30. The average molecular weight is 420 g/mol. The Hall–Kier alpha value is -3.43. The maximum Gasteiger partial charge on any atom is 0.416 e. The highest BCUT2D eigenvalue weighted by molar-refractivity contribution is 6.08. The fraction of sp³-hybridized carbons (Fsp3) is 0.300. The van der Waals surface area contributed by atoms with Crippen molar-refractivity contribution >= 4 is 22.6 Å². The molecule has 0 spiro atoms. The van der Waals surface area contributed by atoms with Crippen LogP contribution >= 0.6 is 0 Å². The number of nitrogens with one attached hydrogen (secondary N) is 1. The van der Waals surface area contributed by atoms with Gasteiger partial charge in [0.15, 0.2) is 5.65 Å². The predicted octanol–water partition coefficient (Wildman–Crippen LogP) is 2.86. The van der Waals surface area contributed by atoms with Gasteiger partial charge in [-0.3, -0.25) is 18.7 Å². The van der Waals surface area contributed by atoms with Crippen LogP contribution in [-0.2, 0) is 26.7 Å². The van der Waals surface area contributed by atoms with Gasteiger partial charge in [0.1, 0.15) is 5.39 Å². The second-order valence-corrected chi connectivity index (χ2v) is 6.84. The molecular weight excluding hydrogens is 401 g/mol. The van der Waals surface area contributed by atoms with Gasteiger partial charge in [-0.05, 0) is 36.2 Å². The molecule has 0 unspecified atom stereocenters. The summed E-state index contributed by atoms with van der Waals surface area (Å²) < 4.78 is 40.4. The minimum atomic E-state index is -4.51. The van der Waals surface area contributed by atoms with Gasteiger partial charge in [0.25, 0.3) is 11.5 Å². The molecule has 2 aromatic heterocycles. The Labute approximate surface area is 168 Å². The van der Waals surface area contributed by atoms with E-state index in [0.29, 0.717) is 18.4 Å². The van der Waals surface area contributed by atoms with Crippen LogP contribution in [-0.4, -0.2) is 20.0 Å². The maximum atomic E-state index is 12.8. The first-order valence-corrected chi connectivity index (χ1v) is 9.12. The SMILES string of the molecule is CCCc1cnc2c(c1NC(=O)c1ccc(C(F)(F)F)cc1)c(=O)n(C)c(=O)n2C. The summed E-state index contributed by atoms with van der Waals surface area (Å²) in [5.74, 6) is -0.676. The molecule has 3 rings (SSSR count). The molecule has 30 heavy (non-hydrogen) atoms. The summed E-state index contributed by atoms with van der Waals surface area (Å²) in [5, 5.41) is 2.70. The number of aryl methyl sites for hydroxylation is 2. The van der Waals surface area contributed by atoms with E-state index >= 15 is 0 Å². The molecule has 0 radical (unpaired) electrons. The average Bonchev–Trinajstić information content (AvgIpc) is 2.71. The van der Waals surface area contributed by atoms with Gasteiger partial charge in [-0.15, -0.1) is 0 Å². The van der Waals surface area contributed by atoms with Crippen molar-refractivity contribution in [3.05, 3.63) is 68.0 Å². The standard InChI is InChI=1S/C20H19F3N4O3/c1-4-5-12-10-24-16-14(18(29)27(3)19(30)26(16)2)15(12)25-17(28)11-6-8-13(9-7-11)20(21,22)23/h6-10H,4-5H2,1-3H3,(H,24,25,28). The first-order valence-electron chi connectivity index (χ1n) is 9.12. The van der Waals surface area contributed by atoms with E-state index in [1.54, 1.807) is 0 Å². The van der Waals surface area contributed by atoms with Crippen molar-refractivity contribution < 1.29 is 18.0 Å². The quantitative estimate of drug-likeness (QED) is 0.703. The van der Waals surface area contributed by atoms with Gasteiger partial charge in [0, 0.05) is 25.9 Å². The topological polar surface area (TPSA) is 86.0 Å². The smallest absolute Gasteiger partial charge is 0.321 e. The number of benzene rings is 1. The molecule has 0 aliphatic heterocycles. The zero-order valence-electron chi connectivity index (χ0n) is 16.5. The summed E-state index contributed by atoms with van der Waals surface area (Å²) in [4.78, 5) is 41.9. The number of rotatable bonds is 4. The van der Waals surface area contributed by atoms with E-state index in [2.05, 4.69) is 10.3 Å². The van der Waals surface area contributed by atoms with Gasteiger partial charge in [-0.25, -0.2) is 9.78 Å². The third-order valence-electron chi connectivity index (χ3n) is 4.78. The molecule has 0 bridgehead atoms. The van der Waals surface area contributed by atoms with E-state index < -0.39 is 28.9 Å². The maximum absolute atomic E-state index is 12.8. The number of carbonyl (C=O) groups excluding carboxylic acids is 1. The number of anilines is 1. The van der Waals surface area contributed by atoms with Crippen LogP contribution in [0.4, 0.5) is 18.9 Å². The van der Waals surface area contributed by atoms with Crippen LogP contribution in [0.2, 0.25) is 0 Å². The number of hydrogen-bond donors (Lipinski definition) is 1. The number of halogens is 3. The van der Waals surface area contributed by atoms with E-state index in [9.17, 15) is 27.6 Å². The molecule has 7 nitrogen and oxygen atoms in total. The fourth-order valence-corrected chi connectivity index (χ4v) is 3.17. The third-order valence-corrected chi connectivity index (χ3v) is 4.78. The van der Waals surface area contributed by atoms with Crippen molar-refractivity contribution in [2.45, 2.75) is 25.9 Å². The van der Waals surface area contributed by atoms with E-state index in [1.807, 2.05) is 6.92 Å². The van der Waals surface area contributed by atoms with Gasteiger partial charge in [-0.2, -0.15) is 13.2 Å². The lowest BCUT2D eigenvalue weighted by molar-refractivity contribution is -0.137. The molecule has 0 atom stereocenters. The van der Waals surface area contributed by atoms with Crippen LogP contribution in [0.15, 0.2) is 40.1 Å². The minimum absolute atomic E-state index is 0.00273. The summed E-state index contributed by atoms with van der Waals surface area (Å²) in [7, 11) is 2.77. The summed E-state index contributed by atoms with van der Waals surface area (Å²) >= 11 is 0. The monoisotopic (exact) mass is 420 g/mol. The van der Waals surface area contributed by atoms with Crippen LogP contribution < -0.4 is 16.6 Å². The zero-order valence-corrected chi connectivity index (χ0v) is 16.5. The summed E-state index contributed by atoms with van der Waals surface area (Å²) in [6.45, 7) is 1.91. The fourth-order valence-electron chi connectivity index (χ4n) is 3.17. The Bertz CT molecular complexity index is 1240. The Kier molecular flexibility index (Phi) is 5.51. The number of fused-ring (bicyclic) bond motifs is 1. The van der Waals surface area contributed by atoms with Crippen LogP contribution in [0.3, 0.4) is 0 Å². The number of alkyl halides is 3. The molecule has 1 N–H and O–H groups in total. The first kappa shape index (κ1) is 21.3. The third kappa shape index (κ3) is 3.72. The molecule has 10 heteroatoms. The Morgan fingerprint density at radius 3 is 2.30 bits per heavy atom. The molecule has 1 amide bonds. The number of aromatic nitrogens is 3. The van der Waals surface area contributed by atoms with Crippen molar-refractivity contribution in [1.82, 2.24) is 14.1 Å². The number of nitrogens with zero attached hydrogens (tertiary/aromatic N) is 3. The molecule has 0 fully saturated rings. The van der Waals surface area contributed by atoms with Crippen LogP contribution in [0.1, 0.15) is 34.8 Å². The highest BCUT2D eigenvalue weighted by atomic mass is 19.4. The van der Waals surface area contributed by atoms with E-state index in [4.69, 9.17) is 0 Å². The van der Waals surface area contributed by atoms with E-state index in [1.165, 1.54) is 24.9 Å². The lowest BCUT2D eigenvalue weighted by atomic mass is 10.1. The predicted molar refractivity (Wildman–Crippen MR) is 106 cm³/mol. The van der Waals surface area contributed by atoms with E-state index in [-0.39, 0.29) is 22.3 Å². The van der Waals surface area contributed by atoms with Crippen LogP contribution in [0.25, 0.3) is 11.0 Å². The van der Waals surface area contributed by atoms with Gasteiger partial charge < -0.3 is 5.32 Å². The molecule has 1 aromatic carbocycles. The minimum Gasteiger partial charge on any atom is -0.321 e. The summed E-state index contributed by atoms with van der Waals surface area (Å²) in [6.07, 6.45) is -1.84. The first-order chi connectivity index (χ1) is 14.1. The van der Waals surface area contributed by atoms with Crippen molar-refractivity contribution in [2.24, 2.45) is 14.1 Å². The number of hydrogen-bond acceptors (Lipinski definition) is 4. The van der Waals surface area contributed by atoms with E-state index in [0.717, 1.165) is 28.8 Å². The van der Waals surface area contributed by atoms with Gasteiger partial charge in [0.05, 0.1) is 11.3 Å². The van der Waals surface area contributed by atoms with Crippen molar-refractivity contribution in [3.8, 4) is 0 Å². The summed E-state index contributed by atoms with van der Waals surface area (Å²) in [5.41, 5.74) is -1.18. The van der Waals surface area contributed by atoms with Gasteiger partial charge in [-0.1, -0.05) is 13.3 Å². The van der Waals surface area contributed by atoms with Crippen molar-refractivity contribution in [3.63, 3.8) is 0 Å². The number of carbonyl (C=O) groups is 1. The molecule has 0 aliphatic rings. The second kappa shape index (κ2) is 7.77. The van der Waals surface area contributed by atoms with Gasteiger partial charge >= 0.3 is 11.9 Å². The Morgan fingerprint density at radius 1 is 1.10 bits per heavy atom. The Balaban J connectivity index is 2.14. The molecule has 0 saturated carbocycles. The van der Waals surface area contributed by atoms with Gasteiger partial charge in [0.2, 0.25) is 0 Å². The van der Waals surface area contributed by atoms with Crippen molar-refractivity contribution in [1.29, 1.82) is 0 Å². The Morgan fingerprint density at radius 2 is 1.73 bits per heavy atom. The zero-order chi connectivity index (χ0) is 22.2. The molecule has 158 valence electrons. The summed E-state index contributed by atoms with van der Waals surface area (Å²) in [6, 6.07) is 3.76. The highest BCUT2D eigenvalue weighted by Crippen LogP contribution is 2.29. The molecule has 3 aromatic rings. The van der Waals surface area contributed by atoms with Crippen LogP contribution in [0, 0.1) is 0 Å². The van der Waals surface area contributed by atoms with Crippen molar-refractivity contribution in [2.75, 3.05) is 5.32 Å². The number of pyridine rings is 1. The molecule has 2 heterocycles. The van der Waals surface area contributed by atoms with Crippen LogP contribution in [0.5, 0.6) is 0 Å². The molecular formula is C20H19F3N4O3.